The van der Waals surface area contributed by atoms with Crippen molar-refractivity contribution in [3.63, 3.8) is 0 Å². The summed E-state index contributed by atoms with van der Waals surface area (Å²) in [6.45, 7) is 2.36. The van der Waals surface area contributed by atoms with Crippen LogP contribution in [0.5, 0.6) is 0 Å². The first kappa shape index (κ1) is 48.7. The van der Waals surface area contributed by atoms with Crippen LogP contribution in [-0.4, -0.2) is 65.7 Å². The number of rotatable bonds is 38. The molecule has 0 amide bonds. The second kappa shape index (κ2) is 36.1. The molecule has 10 nitrogen and oxygen atoms in total. The minimum absolute atomic E-state index is 0.168. The van der Waals surface area contributed by atoms with Crippen LogP contribution in [0.3, 0.4) is 0 Å². The smallest absolute Gasteiger partial charge is 0.462 e. The summed E-state index contributed by atoms with van der Waals surface area (Å²) in [5, 5.41) is 18.3. The topological polar surface area (TPSA) is 149 Å². The zero-order valence-electron chi connectivity index (χ0n) is 31.9. The zero-order valence-corrected chi connectivity index (χ0v) is 32.8. The Labute approximate surface area is 305 Å². The number of carbonyl (C=O) groups is 2. The first-order valence-corrected chi connectivity index (χ1v) is 21.6. The average Bonchev–Trinajstić information content (AvgIpc) is 3.10. The molecular formula is C39H75O10P. The summed E-state index contributed by atoms with van der Waals surface area (Å²) in [6.07, 6.45) is 31.8. The second-order valence-corrected chi connectivity index (χ2v) is 15.1. The Kier molecular flexibility index (Phi) is 35.2. The van der Waals surface area contributed by atoms with Gasteiger partial charge in [-0.3, -0.25) is 18.6 Å². The summed E-state index contributed by atoms with van der Waals surface area (Å²) in [6, 6.07) is 0. The van der Waals surface area contributed by atoms with Crippen molar-refractivity contribution in [2.75, 3.05) is 26.4 Å². The van der Waals surface area contributed by atoms with Crippen LogP contribution in [-0.2, 0) is 32.7 Å². The van der Waals surface area contributed by atoms with Gasteiger partial charge in [-0.25, -0.2) is 4.57 Å². The molecule has 0 spiro atoms. The molecule has 1 unspecified atom stereocenters. The van der Waals surface area contributed by atoms with E-state index in [4.69, 9.17) is 19.1 Å². The fraction of sp³-hybridized carbons (Fsp3) is 0.897. The number of unbranched alkanes of at least 4 members (excludes halogenated alkanes) is 22. The summed E-state index contributed by atoms with van der Waals surface area (Å²) in [7, 11) is -4.61. The van der Waals surface area contributed by atoms with Gasteiger partial charge >= 0.3 is 19.8 Å². The molecule has 0 saturated carbocycles. The first-order valence-electron chi connectivity index (χ1n) is 20.1. The first-order chi connectivity index (χ1) is 24.2. The van der Waals surface area contributed by atoms with E-state index in [0.717, 1.165) is 44.9 Å². The number of esters is 2. The van der Waals surface area contributed by atoms with Gasteiger partial charge in [0.15, 0.2) is 6.10 Å². The average molecular weight is 735 g/mol. The maximum absolute atomic E-state index is 12.5. The highest BCUT2D eigenvalue weighted by atomic mass is 31.2. The molecule has 0 saturated heterocycles. The van der Waals surface area contributed by atoms with E-state index in [2.05, 4.69) is 30.5 Å². The lowest BCUT2D eigenvalue weighted by atomic mass is 10.0. The highest BCUT2D eigenvalue weighted by molar-refractivity contribution is 7.47. The van der Waals surface area contributed by atoms with Gasteiger partial charge in [0.2, 0.25) is 0 Å². The number of aliphatic hydroxyl groups excluding tert-OH is 2. The van der Waals surface area contributed by atoms with E-state index in [1.807, 2.05) is 0 Å². The van der Waals surface area contributed by atoms with Gasteiger partial charge in [0.25, 0.3) is 0 Å². The SMILES string of the molecule is CCCCCCCC/C=C/CCCCCC(=O)O[C@H](COC(=O)CCCCCCCCCCCCCCCC)COP(=O)(O)OC[C@@H](O)CO. The molecular weight excluding hydrogens is 659 g/mol. The predicted molar refractivity (Wildman–Crippen MR) is 201 cm³/mol. The van der Waals surface area contributed by atoms with Crippen molar-refractivity contribution in [3.8, 4) is 0 Å². The van der Waals surface area contributed by atoms with E-state index in [1.54, 1.807) is 0 Å². The fourth-order valence-corrected chi connectivity index (χ4v) is 6.31. The van der Waals surface area contributed by atoms with Crippen LogP contribution >= 0.6 is 7.82 Å². The number of allylic oxidation sites excluding steroid dienone is 2. The number of carbonyl (C=O) groups excluding carboxylic acids is 2. The van der Waals surface area contributed by atoms with E-state index in [9.17, 15) is 24.2 Å². The normalized spacial score (nSPS) is 14.1. The Morgan fingerprint density at radius 3 is 1.46 bits per heavy atom. The molecule has 0 aromatic rings. The molecule has 0 radical (unpaired) electrons. The monoisotopic (exact) mass is 735 g/mol. The lowest BCUT2D eigenvalue weighted by Crippen LogP contribution is -2.29. The summed E-state index contributed by atoms with van der Waals surface area (Å²) in [5.41, 5.74) is 0. The number of hydrogen-bond donors (Lipinski definition) is 3. The van der Waals surface area contributed by atoms with Gasteiger partial charge < -0.3 is 24.6 Å². The Bertz CT molecular complexity index is 853. The third-order valence-corrected chi connectivity index (χ3v) is 9.62. The van der Waals surface area contributed by atoms with Crippen molar-refractivity contribution in [1.29, 1.82) is 0 Å². The van der Waals surface area contributed by atoms with Crippen molar-refractivity contribution in [3.05, 3.63) is 12.2 Å². The number of aliphatic hydroxyl groups is 2. The standard InChI is InChI=1S/C39H75O10P/c1-3-5-7-9-11-13-15-17-19-20-22-24-26-28-30-38(42)46-34-37(35-48-50(44,45)47-33-36(41)32-40)49-39(43)31-29-27-25-23-21-18-16-14-12-10-8-6-4-2/h18,21,36-37,40-41H,3-17,19-20,22-35H2,1-2H3,(H,44,45)/b21-18+/t36-,37+/m0/s1. The maximum Gasteiger partial charge on any atom is 0.472 e. The highest BCUT2D eigenvalue weighted by Crippen LogP contribution is 2.43. The van der Waals surface area contributed by atoms with Gasteiger partial charge in [-0.15, -0.1) is 0 Å². The largest absolute Gasteiger partial charge is 0.472 e. The fourth-order valence-electron chi connectivity index (χ4n) is 5.52. The minimum atomic E-state index is -4.61. The number of phosphoric ester groups is 1. The Balaban J connectivity index is 4.34. The molecule has 0 heterocycles. The molecule has 0 aliphatic carbocycles. The van der Waals surface area contributed by atoms with E-state index < -0.39 is 51.8 Å². The van der Waals surface area contributed by atoms with Crippen molar-refractivity contribution in [2.45, 2.75) is 199 Å². The molecule has 0 aliphatic heterocycles. The molecule has 50 heavy (non-hydrogen) atoms. The molecule has 0 fully saturated rings. The zero-order chi connectivity index (χ0) is 37.0. The van der Waals surface area contributed by atoms with Crippen LogP contribution in [0.4, 0.5) is 0 Å². The third-order valence-electron chi connectivity index (χ3n) is 8.67. The molecule has 11 heteroatoms. The lowest BCUT2D eigenvalue weighted by molar-refractivity contribution is -0.161. The maximum atomic E-state index is 12.5. The summed E-state index contributed by atoms with van der Waals surface area (Å²) < 4.78 is 32.6. The number of phosphoric acid groups is 1. The van der Waals surface area contributed by atoms with Gasteiger partial charge in [0.05, 0.1) is 19.8 Å². The third kappa shape index (κ3) is 35.1. The van der Waals surface area contributed by atoms with Gasteiger partial charge in [0.1, 0.15) is 12.7 Å². The van der Waals surface area contributed by atoms with E-state index >= 15 is 0 Å². The highest BCUT2D eigenvalue weighted by Gasteiger charge is 2.27. The van der Waals surface area contributed by atoms with Gasteiger partial charge in [-0.2, -0.15) is 0 Å². The molecule has 0 aliphatic rings. The van der Waals surface area contributed by atoms with E-state index in [-0.39, 0.29) is 19.4 Å². The van der Waals surface area contributed by atoms with Gasteiger partial charge in [-0.1, -0.05) is 148 Å². The van der Waals surface area contributed by atoms with Gasteiger partial charge in [-0.05, 0) is 38.5 Å². The van der Waals surface area contributed by atoms with Crippen LogP contribution in [0.1, 0.15) is 187 Å². The van der Waals surface area contributed by atoms with Crippen LogP contribution < -0.4 is 0 Å². The van der Waals surface area contributed by atoms with E-state index in [1.165, 1.54) is 103 Å². The number of hydrogen-bond acceptors (Lipinski definition) is 9. The quantitative estimate of drug-likeness (QED) is 0.0242. The van der Waals surface area contributed by atoms with Crippen molar-refractivity contribution < 1.29 is 47.8 Å². The lowest BCUT2D eigenvalue weighted by Gasteiger charge is -2.20. The van der Waals surface area contributed by atoms with Crippen molar-refractivity contribution in [2.24, 2.45) is 0 Å². The molecule has 0 aromatic heterocycles. The molecule has 0 bridgehead atoms. The molecule has 0 rings (SSSR count). The van der Waals surface area contributed by atoms with Crippen molar-refractivity contribution in [1.82, 2.24) is 0 Å². The predicted octanol–water partition coefficient (Wildman–Crippen LogP) is 10.1. The molecule has 3 N–H and O–H groups in total. The van der Waals surface area contributed by atoms with Crippen molar-refractivity contribution >= 4 is 19.8 Å². The minimum Gasteiger partial charge on any atom is -0.462 e. The van der Waals surface area contributed by atoms with Crippen LogP contribution in [0, 0.1) is 0 Å². The molecule has 3 atom stereocenters. The molecule has 296 valence electrons. The summed E-state index contributed by atoms with van der Waals surface area (Å²) in [5.74, 6) is -0.936. The number of ether oxygens (including phenoxy) is 2. The Morgan fingerprint density at radius 1 is 0.580 bits per heavy atom. The van der Waals surface area contributed by atoms with Crippen LogP contribution in [0.25, 0.3) is 0 Å². The van der Waals surface area contributed by atoms with Gasteiger partial charge in [0, 0.05) is 12.8 Å². The Morgan fingerprint density at radius 2 is 0.980 bits per heavy atom. The van der Waals surface area contributed by atoms with E-state index in [0.29, 0.717) is 12.8 Å². The molecule has 0 aromatic carbocycles. The summed E-state index contributed by atoms with van der Waals surface area (Å²) >= 11 is 0. The second-order valence-electron chi connectivity index (χ2n) is 13.7. The van der Waals surface area contributed by atoms with Crippen LogP contribution in [0.15, 0.2) is 12.2 Å². The summed E-state index contributed by atoms with van der Waals surface area (Å²) in [4.78, 5) is 34.8. The Hall–Kier alpha value is -1.29. The van der Waals surface area contributed by atoms with Crippen LogP contribution in [0.2, 0.25) is 0 Å².